The van der Waals surface area contributed by atoms with Crippen molar-refractivity contribution < 1.29 is 22.4 Å². The van der Waals surface area contributed by atoms with Gasteiger partial charge in [-0.1, -0.05) is 0 Å². The van der Waals surface area contributed by atoms with Crippen molar-refractivity contribution in [1.29, 1.82) is 0 Å². The number of nitrogens with zero attached hydrogens (tertiary/aromatic N) is 3. The summed E-state index contributed by atoms with van der Waals surface area (Å²) in [6.45, 7) is -0.392. The summed E-state index contributed by atoms with van der Waals surface area (Å²) in [5.41, 5.74) is 1.30. The van der Waals surface area contributed by atoms with Crippen LogP contribution >= 0.6 is 0 Å². The number of anilines is 1. The standard InChI is InChI=1S/C18H18F4N4O/c19-14-5-3-12(4-6-14)15-7-8-16(25-24-15)26-9-1-2-13(10-26)17(27)23-11-18(20,21)22/h3-8,13H,1-2,9-11H2,(H,23,27). The van der Waals surface area contributed by atoms with Crippen LogP contribution < -0.4 is 10.2 Å². The first-order valence-electron chi connectivity index (χ1n) is 8.51. The Kier molecular flexibility index (Phi) is 5.57. The van der Waals surface area contributed by atoms with Gasteiger partial charge in [0.05, 0.1) is 11.6 Å². The lowest BCUT2D eigenvalue weighted by molar-refractivity contribution is -0.140. The zero-order valence-electron chi connectivity index (χ0n) is 14.3. The topological polar surface area (TPSA) is 58.1 Å². The normalized spacial score (nSPS) is 17.6. The van der Waals surface area contributed by atoms with Crippen LogP contribution in [0.5, 0.6) is 0 Å². The molecule has 0 saturated carbocycles. The van der Waals surface area contributed by atoms with E-state index in [4.69, 9.17) is 0 Å². The number of aromatic nitrogens is 2. The number of carbonyl (C=O) groups excluding carboxylic acids is 1. The van der Waals surface area contributed by atoms with Gasteiger partial charge in [-0.15, -0.1) is 10.2 Å². The minimum atomic E-state index is -4.42. The van der Waals surface area contributed by atoms with E-state index in [-0.39, 0.29) is 12.4 Å². The molecule has 5 nitrogen and oxygen atoms in total. The molecule has 1 fully saturated rings. The quantitative estimate of drug-likeness (QED) is 0.826. The molecule has 1 unspecified atom stereocenters. The Labute approximate surface area is 153 Å². The molecule has 1 aromatic heterocycles. The van der Waals surface area contributed by atoms with Gasteiger partial charge in [-0.25, -0.2) is 4.39 Å². The first-order chi connectivity index (χ1) is 12.8. The first kappa shape index (κ1) is 19.1. The predicted octanol–water partition coefficient (Wildman–Crippen LogP) is 3.18. The molecule has 1 saturated heterocycles. The van der Waals surface area contributed by atoms with Crippen molar-refractivity contribution in [2.24, 2.45) is 5.92 Å². The van der Waals surface area contributed by atoms with Crippen LogP contribution in [-0.2, 0) is 4.79 Å². The van der Waals surface area contributed by atoms with Crippen LogP contribution in [0.4, 0.5) is 23.4 Å². The lowest BCUT2D eigenvalue weighted by Crippen LogP contribution is -2.45. The SMILES string of the molecule is O=C(NCC(F)(F)F)C1CCCN(c2ccc(-c3ccc(F)cc3)nn2)C1. The number of hydrogen-bond donors (Lipinski definition) is 1. The molecule has 27 heavy (non-hydrogen) atoms. The number of halogens is 4. The number of carbonyl (C=O) groups is 1. The predicted molar refractivity (Wildman–Crippen MR) is 91.4 cm³/mol. The third-order valence-corrected chi connectivity index (χ3v) is 4.37. The average Bonchev–Trinajstić information content (AvgIpc) is 2.66. The molecule has 9 heteroatoms. The Morgan fingerprint density at radius 2 is 1.89 bits per heavy atom. The van der Waals surface area contributed by atoms with Crippen molar-refractivity contribution in [3.05, 3.63) is 42.2 Å². The molecule has 1 aliphatic rings. The van der Waals surface area contributed by atoms with Gasteiger partial charge in [0.1, 0.15) is 12.4 Å². The van der Waals surface area contributed by atoms with Crippen LogP contribution in [0.15, 0.2) is 36.4 Å². The number of hydrogen-bond acceptors (Lipinski definition) is 4. The Hall–Kier alpha value is -2.71. The van der Waals surface area contributed by atoms with Crippen LogP contribution in [0.3, 0.4) is 0 Å². The van der Waals surface area contributed by atoms with Crippen molar-refractivity contribution in [3.8, 4) is 11.3 Å². The lowest BCUT2D eigenvalue weighted by atomic mass is 9.97. The molecule has 144 valence electrons. The van der Waals surface area contributed by atoms with Gasteiger partial charge in [0.25, 0.3) is 0 Å². The van der Waals surface area contributed by atoms with Crippen molar-refractivity contribution in [1.82, 2.24) is 15.5 Å². The summed E-state index contributed by atoms with van der Waals surface area (Å²) in [7, 11) is 0. The zero-order chi connectivity index (χ0) is 19.4. The number of piperidine rings is 1. The Morgan fingerprint density at radius 3 is 2.52 bits per heavy atom. The fourth-order valence-corrected chi connectivity index (χ4v) is 3.00. The summed E-state index contributed by atoms with van der Waals surface area (Å²) in [5, 5.41) is 10.2. The highest BCUT2D eigenvalue weighted by atomic mass is 19.4. The molecule has 0 spiro atoms. The van der Waals surface area contributed by atoms with Crippen LogP contribution in [0, 0.1) is 11.7 Å². The molecule has 3 rings (SSSR count). The molecule has 1 aliphatic heterocycles. The van der Waals surface area contributed by atoms with E-state index in [1.165, 1.54) is 12.1 Å². The van der Waals surface area contributed by atoms with Gasteiger partial charge in [-0.05, 0) is 49.2 Å². The van der Waals surface area contributed by atoms with E-state index >= 15 is 0 Å². The third-order valence-electron chi connectivity index (χ3n) is 4.37. The second-order valence-corrected chi connectivity index (χ2v) is 6.40. The molecular formula is C18H18F4N4O. The van der Waals surface area contributed by atoms with Crippen molar-refractivity contribution in [2.75, 3.05) is 24.5 Å². The second kappa shape index (κ2) is 7.89. The molecule has 0 aliphatic carbocycles. The first-order valence-corrected chi connectivity index (χ1v) is 8.51. The van der Waals surface area contributed by atoms with Crippen LogP contribution in [0.2, 0.25) is 0 Å². The van der Waals surface area contributed by atoms with Crippen LogP contribution in [0.25, 0.3) is 11.3 Å². The molecule has 1 aromatic carbocycles. The van der Waals surface area contributed by atoms with Gasteiger partial charge in [0.2, 0.25) is 5.91 Å². The average molecular weight is 382 g/mol. The molecular weight excluding hydrogens is 364 g/mol. The summed E-state index contributed by atoms with van der Waals surface area (Å²) in [6, 6.07) is 9.34. The monoisotopic (exact) mass is 382 g/mol. The van der Waals surface area contributed by atoms with Crippen molar-refractivity contribution in [3.63, 3.8) is 0 Å². The second-order valence-electron chi connectivity index (χ2n) is 6.40. The fourth-order valence-electron chi connectivity index (χ4n) is 3.00. The van der Waals surface area contributed by atoms with E-state index in [1.54, 1.807) is 24.3 Å². The minimum absolute atomic E-state index is 0.286. The van der Waals surface area contributed by atoms with Crippen LogP contribution in [-0.4, -0.2) is 41.9 Å². The van der Waals surface area contributed by atoms with Crippen LogP contribution in [0.1, 0.15) is 12.8 Å². The smallest absolute Gasteiger partial charge is 0.354 e. The molecule has 2 heterocycles. The van der Waals surface area contributed by atoms with E-state index in [9.17, 15) is 22.4 Å². The number of amides is 1. The van der Waals surface area contributed by atoms with Gasteiger partial charge in [-0.3, -0.25) is 4.79 Å². The van der Waals surface area contributed by atoms with Crippen molar-refractivity contribution >= 4 is 11.7 Å². The molecule has 0 bridgehead atoms. The number of benzene rings is 1. The summed E-state index contributed by atoms with van der Waals surface area (Å²) in [5.74, 6) is -0.923. The van der Waals surface area contributed by atoms with Gasteiger partial charge in [-0.2, -0.15) is 13.2 Å². The Bertz CT molecular complexity index is 777. The maximum Gasteiger partial charge on any atom is 0.405 e. The number of rotatable bonds is 4. The molecule has 2 aromatic rings. The van der Waals surface area contributed by atoms with E-state index in [0.717, 1.165) is 5.56 Å². The number of alkyl halides is 3. The fraction of sp³-hybridized carbons (Fsp3) is 0.389. The van der Waals surface area contributed by atoms with E-state index in [1.807, 2.05) is 10.2 Å². The summed E-state index contributed by atoms with van der Waals surface area (Å²) in [4.78, 5) is 13.8. The molecule has 0 radical (unpaired) electrons. The van der Waals surface area contributed by atoms with Gasteiger partial charge in [0.15, 0.2) is 5.82 Å². The van der Waals surface area contributed by atoms with Gasteiger partial charge < -0.3 is 10.2 Å². The highest BCUT2D eigenvalue weighted by molar-refractivity contribution is 5.79. The minimum Gasteiger partial charge on any atom is -0.354 e. The van der Waals surface area contributed by atoms with Crippen molar-refractivity contribution in [2.45, 2.75) is 19.0 Å². The zero-order valence-corrected chi connectivity index (χ0v) is 14.3. The molecule has 1 atom stereocenters. The molecule has 1 N–H and O–H groups in total. The highest BCUT2D eigenvalue weighted by Crippen LogP contribution is 2.24. The third kappa shape index (κ3) is 5.15. The van der Waals surface area contributed by atoms with Gasteiger partial charge in [0, 0.05) is 18.7 Å². The van der Waals surface area contributed by atoms with E-state index in [0.29, 0.717) is 30.9 Å². The number of nitrogens with one attached hydrogen (secondary N) is 1. The Balaban J connectivity index is 1.64. The van der Waals surface area contributed by atoms with E-state index < -0.39 is 24.5 Å². The Morgan fingerprint density at radius 1 is 1.15 bits per heavy atom. The summed E-state index contributed by atoms with van der Waals surface area (Å²) >= 11 is 0. The largest absolute Gasteiger partial charge is 0.405 e. The maximum atomic E-state index is 13.0. The van der Waals surface area contributed by atoms with E-state index in [2.05, 4.69) is 10.2 Å². The summed E-state index contributed by atoms with van der Waals surface area (Å²) in [6.07, 6.45) is -3.22. The lowest BCUT2D eigenvalue weighted by Gasteiger charge is -2.32. The van der Waals surface area contributed by atoms with Gasteiger partial charge >= 0.3 is 6.18 Å². The molecule has 1 amide bonds. The highest BCUT2D eigenvalue weighted by Gasteiger charge is 2.31. The summed E-state index contributed by atoms with van der Waals surface area (Å²) < 4.78 is 49.8. The maximum absolute atomic E-state index is 13.0.